The van der Waals surface area contributed by atoms with Gasteiger partial charge in [-0.2, -0.15) is 0 Å². The third-order valence-corrected chi connectivity index (χ3v) is 4.70. The highest BCUT2D eigenvalue weighted by Crippen LogP contribution is 2.30. The number of rotatable bonds is 9. The van der Waals surface area contributed by atoms with Gasteiger partial charge in [0.25, 0.3) is 5.91 Å². The number of esters is 1. The van der Waals surface area contributed by atoms with E-state index in [0.717, 1.165) is 11.1 Å². The normalized spacial score (nSPS) is 11.3. The maximum atomic E-state index is 12.7. The van der Waals surface area contributed by atoms with Crippen molar-refractivity contribution < 1.29 is 23.8 Å². The van der Waals surface area contributed by atoms with E-state index >= 15 is 0 Å². The first-order chi connectivity index (χ1) is 15.5. The van der Waals surface area contributed by atoms with Crippen LogP contribution >= 0.6 is 0 Å². The van der Waals surface area contributed by atoms with Gasteiger partial charge in [-0.15, -0.1) is 0 Å². The first-order valence-corrected chi connectivity index (χ1v) is 10.6. The summed E-state index contributed by atoms with van der Waals surface area (Å²) in [7, 11) is 0. The Labute approximate surface area is 188 Å². The van der Waals surface area contributed by atoms with Gasteiger partial charge in [0, 0.05) is 11.3 Å². The predicted molar refractivity (Wildman–Crippen MR) is 124 cm³/mol. The van der Waals surface area contributed by atoms with Gasteiger partial charge >= 0.3 is 5.97 Å². The summed E-state index contributed by atoms with van der Waals surface area (Å²) in [5.41, 5.74) is 2.78. The minimum Gasteiger partial charge on any atom is -0.490 e. The van der Waals surface area contributed by atoms with Crippen LogP contribution in [0.2, 0.25) is 0 Å². The smallest absolute Gasteiger partial charge is 0.339 e. The van der Waals surface area contributed by atoms with Crippen LogP contribution < -0.4 is 14.8 Å². The molecule has 1 atom stereocenters. The van der Waals surface area contributed by atoms with Gasteiger partial charge in [-0.25, -0.2) is 4.79 Å². The average Bonchev–Trinajstić information content (AvgIpc) is 2.81. The average molecular weight is 434 g/mol. The number of amides is 1. The van der Waals surface area contributed by atoms with Crippen molar-refractivity contribution in [3.8, 4) is 22.6 Å². The van der Waals surface area contributed by atoms with Gasteiger partial charge in [0.05, 0.1) is 18.8 Å². The lowest BCUT2D eigenvalue weighted by Gasteiger charge is -2.16. The van der Waals surface area contributed by atoms with Gasteiger partial charge in [0.2, 0.25) is 0 Å². The Kier molecular flexibility index (Phi) is 7.86. The molecule has 0 saturated carbocycles. The fourth-order valence-corrected chi connectivity index (χ4v) is 3.16. The lowest BCUT2D eigenvalue weighted by molar-refractivity contribution is -0.123. The third-order valence-electron chi connectivity index (χ3n) is 4.70. The summed E-state index contributed by atoms with van der Waals surface area (Å²) in [5.74, 6) is -0.0300. The molecule has 166 valence electrons. The molecule has 0 fully saturated rings. The summed E-state index contributed by atoms with van der Waals surface area (Å²) in [4.78, 5) is 25.4. The molecule has 6 heteroatoms. The van der Waals surface area contributed by atoms with Crippen LogP contribution in [0.1, 0.15) is 31.1 Å². The zero-order chi connectivity index (χ0) is 22.9. The van der Waals surface area contributed by atoms with Crippen LogP contribution in [0.4, 0.5) is 5.69 Å². The lowest BCUT2D eigenvalue weighted by atomic mass is 10.0. The second-order valence-electron chi connectivity index (χ2n) is 6.98. The Hall–Kier alpha value is -3.80. The van der Waals surface area contributed by atoms with E-state index in [1.54, 1.807) is 18.2 Å². The highest BCUT2D eigenvalue weighted by molar-refractivity contribution is 6.00. The minimum absolute atomic E-state index is 0.279. The topological polar surface area (TPSA) is 73.9 Å². The van der Waals surface area contributed by atoms with Crippen LogP contribution in [-0.2, 0) is 9.53 Å². The molecule has 0 aliphatic rings. The molecule has 6 nitrogen and oxygen atoms in total. The van der Waals surface area contributed by atoms with Gasteiger partial charge in [0.15, 0.2) is 17.6 Å². The quantitative estimate of drug-likeness (QED) is 0.462. The van der Waals surface area contributed by atoms with Crippen molar-refractivity contribution in [2.45, 2.75) is 26.9 Å². The van der Waals surface area contributed by atoms with Crippen LogP contribution in [0, 0.1) is 0 Å². The van der Waals surface area contributed by atoms with Crippen molar-refractivity contribution in [1.29, 1.82) is 0 Å². The maximum absolute atomic E-state index is 12.7. The Balaban J connectivity index is 1.70. The van der Waals surface area contributed by atoms with Crippen LogP contribution in [-0.4, -0.2) is 31.2 Å². The second kappa shape index (κ2) is 11.0. The number of carbonyl (C=O) groups excluding carboxylic acids is 2. The molecule has 3 rings (SSSR count). The van der Waals surface area contributed by atoms with E-state index < -0.39 is 18.0 Å². The molecule has 0 bridgehead atoms. The molecule has 3 aromatic carbocycles. The number of anilines is 1. The van der Waals surface area contributed by atoms with E-state index in [-0.39, 0.29) is 5.56 Å². The molecule has 3 aromatic rings. The number of hydrogen-bond donors (Lipinski definition) is 1. The molecule has 1 N–H and O–H groups in total. The molecular weight excluding hydrogens is 406 g/mol. The molecule has 1 unspecified atom stereocenters. The molecule has 0 spiro atoms. The Bertz CT molecular complexity index is 1060. The third kappa shape index (κ3) is 5.66. The van der Waals surface area contributed by atoms with Gasteiger partial charge in [-0.3, -0.25) is 4.79 Å². The van der Waals surface area contributed by atoms with Gasteiger partial charge in [-0.1, -0.05) is 48.5 Å². The lowest BCUT2D eigenvalue weighted by Crippen LogP contribution is -2.30. The van der Waals surface area contributed by atoms with Crippen LogP contribution in [0.5, 0.6) is 11.5 Å². The van der Waals surface area contributed by atoms with E-state index in [2.05, 4.69) is 5.32 Å². The number of carbonyl (C=O) groups is 2. The number of para-hydroxylation sites is 1. The zero-order valence-electron chi connectivity index (χ0n) is 18.5. The van der Waals surface area contributed by atoms with E-state index in [4.69, 9.17) is 14.2 Å². The number of hydrogen-bond acceptors (Lipinski definition) is 5. The molecule has 32 heavy (non-hydrogen) atoms. The van der Waals surface area contributed by atoms with Crippen molar-refractivity contribution in [2.24, 2.45) is 0 Å². The molecule has 0 aliphatic heterocycles. The Morgan fingerprint density at radius 2 is 1.50 bits per heavy atom. The molecule has 1 amide bonds. The molecule has 0 radical (unpaired) electrons. The summed E-state index contributed by atoms with van der Waals surface area (Å²) < 4.78 is 16.5. The van der Waals surface area contributed by atoms with Crippen LogP contribution in [0.3, 0.4) is 0 Å². The highest BCUT2D eigenvalue weighted by Gasteiger charge is 2.21. The molecular formula is C26H27NO5. The summed E-state index contributed by atoms with van der Waals surface area (Å²) in [6.07, 6.45) is -0.992. The van der Waals surface area contributed by atoms with E-state index in [1.807, 2.05) is 68.4 Å². The Morgan fingerprint density at radius 1 is 0.844 bits per heavy atom. The molecule has 0 saturated heterocycles. The number of nitrogens with one attached hydrogen (secondary N) is 1. The maximum Gasteiger partial charge on any atom is 0.339 e. The largest absolute Gasteiger partial charge is 0.490 e. The minimum atomic E-state index is -0.992. The SMILES string of the molecule is CCOc1ccc(C(=O)OC(C)C(=O)Nc2ccccc2-c2ccccc2)cc1OCC. The van der Waals surface area contributed by atoms with Crippen molar-refractivity contribution in [1.82, 2.24) is 0 Å². The predicted octanol–water partition coefficient (Wildman–Crippen LogP) is 5.34. The number of ether oxygens (including phenoxy) is 3. The van der Waals surface area contributed by atoms with Crippen molar-refractivity contribution >= 4 is 17.6 Å². The van der Waals surface area contributed by atoms with Crippen molar-refractivity contribution in [2.75, 3.05) is 18.5 Å². The van der Waals surface area contributed by atoms with Gasteiger partial charge in [0.1, 0.15) is 0 Å². The van der Waals surface area contributed by atoms with Gasteiger partial charge < -0.3 is 19.5 Å². The van der Waals surface area contributed by atoms with Crippen molar-refractivity contribution in [3.63, 3.8) is 0 Å². The summed E-state index contributed by atoms with van der Waals surface area (Å²) in [6.45, 7) is 6.16. The van der Waals surface area contributed by atoms with Gasteiger partial charge in [-0.05, 0) is 50.6 Å². The van der Waals surface area contributed by atoms with Crippen LogP contribution in [0.25, 0.3) is 11.1 Å². The number of benzene rings is 3. The first kappa shape index (κ1) is 22.9. The second-order valence-corrected chi connectivity index (χ2v) is 6.98. The van der Waals surface area contributed by atoms with Crippen LogP contribution in [0.15, 0.2) is 72.8 Å². The molecule has 0 aliphatic carbocycles. The fraction of sp³-hybridized carbons (Fsp3) is 0.231. The fourth-order valence-electron chi connectivity index (χ4n) is 3.16. The summed E-state index contributed by atoms with van der Waals surface area (Å²) in [5, 5.41) is 2.86. The standard InChI is InChI=1S/C26H27NO5/c1-4-30-23-16-15-20(17-24(23)31-5-2)26(29)32-18(3)25(28)27-22-14-10-9-13-21(22)19-11-7-6-8-12-19/h6-18H,4-5H2,1-3H3,(H,27,28). The Morgan fingerprint density at radius 3 is 2.22 bits per heavy atom. The summed E-state index contributed by atoms with van der Waals surface area (Å²) >= 11 is 0. The molecule has 0 heterocycles. The van der Waals surface area contributed by atoms with E-state index in [1.165, 1.54) is 6.92 Å². The van der Waals surface area contributed by atoms with E-state index in [9.17, 15) is 9.59 Å². The molecule has 0 aromatic heterocycles. The van der Waals surface area contributed by atoms with E-state index in [0.29, 0.717) is 30.4 Å². The highest BCUT2D eigenvalue weighted by atomic mass is 16.5. The summed E-state index contributed by atoms with van der Waals surface area (Å²) in [6, 6.07) is 22.0. The monoisotopic (exact) mass is 433 g/mol. The first-order valence-electron chi connectivity index (χ1n) is 10.6. The van der Waals surface area contributed by atoms with Crippen molar-refractivity contribution in [3.05, 3.63) is 78.4 Å². The zero-order valence-corrected chi connectivity index (χ0v) is 18.5.